The Morgan fingerprint density at radius 3 is 2.65 bits per heavy atom. The number of aliphatic hydroxyl groups is 2. The SMILES string of the molecule is Nc1nc2c(ncn2[C@@H]2O[C@H](COP(=O)(O)OP(=O)(O)OCc3cnc[nH]3)[C@@H](O)[C@H]2O)c(=O)[nH]1. The molecule has 2 unspecified atom stereocenters. The third-order valence-electron chi connectivity index (χ3n) is 4.61. The van der Waals surface area contributed by atoms with E-state index in [1.807, 2.05) is 0 Å². The maximum absolute atomic E-state index is 12.1. The van der Waals surface area contributed by atoms with Crippen LogP contribution in [0.4, 0.5) is 5.95 Å². The highest BCUT2D eigenvalue weighted by Gasteiger charge is 2.46. The lowest BCUT2D eigenvalue weighted by atomic mass is 10.1. The Balaban J connectivity index is 1.40. The molecule has 8 N–H and O–H groups in total. The van der Waals surface area contributed by atoms with Crippen molar-refractivity contribution in [1.82, 2.24) is 29.5 Å². The summed E-state index contributed by atoms with van der Waals surface area (Å²) >= 11 is 0. The Bertz CT molecular complexity index is 1310. The van der Waals surface area contributed by atoms with Gasteiger partial charge in [0.15, 0.2) is 17.4 Å². The number of hydrogen-bond donors (Lipinski definition) is 7. The van der Waals surface area contributed by atoms with Gasteiger partial charge in [0, 0.05) is 0 Å². The molecule has 4 rings (SSSR count). The number of phosphoric ester groups is 2. The smallest absolute Gasteiger partial charge is 0.387 e. The van der Waals surface area contributed by atoms with E-state index in [1.165, 1.54) is 12.5 Å². The molecule has 0 radical (unpaired) electrons. The minimum absolute atomic E-state index is 0.0501. The number of aromatic amines is 2. The number of rotatable bonds is 9. The first kappa shape index (κ1) is 24.6. The third-order valence-corrected chi connectivity index (χ3v) is 7.19. The molecule has 18 nitrogen and oxygen atoms in total. The van der Waals surface area contributed by atoms with Crippen molar-refractivity contribution in [3.8, 4) is 0 Å². The van der Waals surface area contributed by atoms with E-state index in [2.05, 4.69) is 38.3 Å². The van der Waals surface area contributed by atoms with Crippen LogP contribution in [0.3, 0.4) is 0 Å². The Labute approximate surface area is 188 Å². The molecule has 0 saturated carbocycles. The fourth-order valence-corrected chi connectivity index (χ4v) is 5.14. The monoisotopic (exact) mass is 523 g/mol. The maximum atomic E-state index is 12.1. The van der Waals surface area contributed by atoms with Crippen LogP contribution in [0.5, 0.6) is 0 Å². The molecule has 186 valence electrons. The summed E-state index contributed by atoms with van der Waals surface area (Å²) in [6.07, 6.45) is -2.28. The second-order valence-electron chi connectivity index (χ2n) is 6.99. The molecule has 0 aromatic carbocycles. The quantitative estimate of drug-likeness (QED) is 0.157. The van der Waals surface area contributed by atoms with Gasteiger partial charge < -0.3 is 35.5 Å². The molecule has 20 heteroatoms. The van der Waals surface area contributed by atoms with Crippen molar-refractivity contribution in [1.29, 1.82) is 0 Å². The van der Waals surface area contributed by atoms with Crippen LogP contribution in [0, 0.1) is 0 Å². The molecular weight excluding hydrogens is 504 g/mol. The van der Waals surface area contributed by atoms with Crippen molar-refractivity contribution in [3.63, 3.8) is 0 Å². The second kappa shape index (κ2) is 9.27. The summed E-state index contributed by atoms with van der Waals surface area (Å²) in [6, 6.07) is 0. The van der Waals surface area contributed by atoms with Gasteiger partial charge in [0.25, 0.3) is 5.56 Å². The van der Waals surface area contributed by atoms with Gasteiger partial charge in [-0.15, -0.1) is 0 Å². The van der Waals surface area contributed by atoms with Gasteiger partial charge in [0.05, 0.1) is 31.2 Å². The van der Waals surface area contributed by atoms with Crippen LogP contribution < -0.4 is 11.3 Å². The van der Waals surface area contributed by atoms with E-state index in [-0.39, 0.29) is 17.1 Å². The summed E-state index contributed by atoms with van der Waals surface area (Å²) in [5, 5.41) is 20.6. The van der Waals surface area contributed by atoms with Crippen molar-refractivity contribution in [2.24, 2.45) is 0 Å². The number of fused-ring (bicyclic) bond motifs is 1. The van der Waals surface area contributed by atoms with Gasteiger partial charge in [-0.3, -0.25) is 23.4 Å². The molecule has 34 heavy (non-hydrogen) atoms. The number of imidazole rings is 2. The van der Waals surface area contributed by atoms with Gasteiger partial charge in [-0.1, -0.05) is 0 Å². The highest BCUT2D eigenvalue weighted by Crippen LogP contribution is 2.60. The van der Waals surface area contributed by atoms with Gasteiger partial charge in [0.1, 0.15) is 24.9 Å². The predicted octanol–water partition coefficient (Wildman–Crippen LogP) is -1.51. The average Bonchev–Trinajstić information content (AvgIpc) is 3.46. The van der Waals surface area contributed by atoms with Crippen LogP contribution in [0.25, 0.3) is 11.2 Å². The van der Waals surface area contributed by atoms with Crippen LogP contribution in [-0.4, -0.2) is 74.4 Å². The average molecular weight is 523 g/mol. The third kappa shape index (κ3) is 5.26. The van der Waals surface area contributed by atoms with E-state index >= 15 is 0 Å². The number of hydrogen-bond acceptors (Lipinski definition) is 13. The molecule has 3 aromatic heterocycles. The van der Waals surface area contributed by atoms with Gasteiger partial charge in [-0.2, -0.15) is 9.29 Å². The summed E-state index contributed by atoms with van der Waals surface area (Å²) in [7, 11) is -10.2. The Hall–Kier alpha value is -2.50. The van der Waals surface area contributed by atoms with Gasteiger partial charge in [0.2, 0.25) is 5.95 Å². The molecular formula is C14H19N7O11P2. The fraction of sp³-hybridized carbons (Fsp3) is 0.429. The Kier molecular flexibility index (Phi) is 6.71. The number of nitrogens with zero attached hydrogens (tertiary/aromatic N) is 4. The number of aliphatic hydroxyl groups excluding tert-OH is 2. The lowest BCUT2D eigenvalue weighted by molar-refractivity contribution is -0.0504. The molecule has 3 aromatic rings. The number of nitrogens with one attached hydrogen (secondary N) is 2. The maximum Gasteiger partial charge on any atom is 0.481 e. The number of H-pyrrole nitrogens is 2. The molecule has 1 saturated heterocycles. The Morgan fingerprint density at radius 2 is 1.94 bits per heavy atom. The largest absolute Gasteiger partial charge is 0.481 e. The minimum Gasteiger partial charge on any atom is -0.387 e. The summed E-state index contributed by atoms with van der Waals surface area (Å²) in [6.45, 7) is -1.32. The van der Waals surface area contributed by atoms with Crippen LogP contribution >= 0.6 is 15.6 Å². The van der Waals surface area contributed by atoms with Gasteiger partial charge in [-0.05, 0) is 0 Å². The number of phosphoric acid groups is 2. The van der Waals surface area contributed by atoms with Crippen molar-refractivity contribution >= 4 is 32.8 Å². The van der Waals surface area contributed by atoms with E-state index in [0.717, 1.165) is 10.9 Å². The minimum atomic E-state index is -5.18. The first-order valence-electron chi connectivity index (χ1n) is 9.33. The molecule has 0 bridgehead atoms. The summed E-state index contributed by atoms with van der Waals surface area (Å²) in [5.41, 5.74) is 5.01. The normalized spacial score (nSPS) is 26.5. The van der Waals surface area contributed by atoms with E-state index < -0.39 is 59.0 Å². The zero-order chi connectivity index (χ0) is 24.7. The molecule has 1 aliphatic heterocycles. The van der Waals surface area contributed by atoms with E-state index in [9.17, 15) is 33.9 Å². The van der Waals surface area contributed by atoms with Crippen LogP contribution in [0.15, 0.2) is 23.6 Å². The van der Waals surface area contributed by atoms with Crippen LogP contribution in [0.1, 0.15) is 11.9 Å². The lowest BCUT2D eigenvalue weighted by Gasteiger charge is -2.19. The zero-order valence-corrected chi connectivity index (χ0v) is 18.7. The second-order valence-corrected chi connectivity index (χ2v) is 10.0. The molecule has 4 heterocycles. The number of nitrogens with two attached hydrogens (primary N) is 1. The highest BCUT2D eigenvalue weighted by atomic mass is 31.3. The van der Waals surface area contributed by atoms with E-state index in [1.54, 1.807) is 0 Å². The van der Waals surface area contributed by atoms with Gasteiger partial charge in [-0.25, -0.2) is 19.1 Å². The molecule has 0 aliphatic carbocycles. The molecule has 0 amide bonds. The molecule has 0 spiro atoms. The number of anilines is 1. The number of ether oxygens (including phenoxy) is 1. The zero-order valence-electron chi connectivity index (χ0n) is 16.9. The van der Waals surface area contributed by atoms with Crippen molar-refractivity contribution in [2.45, 2.75) is 31.1 Å². The van der Waals surface area contributed by atoms with Crippen LogP contribution in [-0.2, 0) is 33.8 Å². The number of aromatic nitrogens is 6. The summed E-state index contributed by atoms with van der Waals surface area (Å²) < 4.78 is 44.0. The summed E-state index contributed by atoms with van der Waals surface area (Å²) in [5.74, 6) is -0.228. The van der Waals surface area contributed by atoms with E-state index in [4.69, 9.17) is 10.5 Å². The Morgan fingerprint density at radius 1 is 1.21 bits per heavy atom. The standard InChI is InChI=1S/C14H19N7O11P2/c15-14-19-11-8(12(24)20-14)18-5-21(11)13-10(23)9(22)7(31-13)3-30-34(27,28)32-33(25,26)29-2-6-1-16-4-17-6/h1,4-5,7,9-10,13,22-23H,2-3H2,(H,16,17)(H,25,26)(H,27,28)(H3,15,19,20,24)/t7-,9-,10-,13-/m1/s1. The fourth-order valence-electron chi connectivity index (χ4n) is 3.09. The van der Waals surface area contributed by atoms with Crippen molar-refractivity contribution in [2.75, 3.05) is 12.3 Å². The van der Waals surface area contributed by atoms with Crippen molar-refractivity contribution < 1.29 is 47.2 Å². The van der Waals surface area contributed by atoms with Gasteiger partial charge >= 0.3 is 15.6 Å². The van der Waals surface area contributed by atoms with Crippen molar-refractivity contribution in [3.05, 3.63) is 34.9 Å². The molecule has 6 atom stereocenters. The number of nitrogen functional groups attached to an aromatic ring is 1. The lowest BCUT2D eigenvalue weighted by Crippen LogP contribution is -2.33. The highest BCUT2D eigenvalue weighted by molar-refractivity contribution is 7.61. The topological polar surface area (TPSA) is 270 Å². The first-order chi connectivity index (χ1) is 16.0. The van der Waals surface area contributed by atoms with E-state index in [0.29, 0.717) is 5.69 Å². The predicted molar refractivity (Wildman–Crippen MR) is 109 cm³/mol. The van der Waals surface area contributed by atoms with Crippen LogP contribution in [0.2, 0.25) is 0 Å². The first-order valence-corrected chi connectivity index (χ1v) is 12.3. The molecule has 1 aliphatic rings. The summed E-state index contributed by atoms with van der Waals surface area (Å²) in [4.78, 5) is 47.6. The molecule has 1 fully saturated rings.